The Balaban J connectivity index is 1.61. The molecule has 148 valence electrons. The molecule has 2 amide bonds. The molecule has 6 heteroatoms. The lowest BCUT2D eigenvalue weighted by molar-refractivity contribution is -0.136. The summed E-state index contributed by atoms with van der Waals surface area (Å²) in [6, 6.07) is 13.8. The van der Waals surface area contributed by atoms with Gasteiger partial charge in [-0.2, -0.15) is 0 Å². The van der Waals surface area contributed by atoms with E-state index in [2.05, 4.69) is 12.1 Å². The molecule has 1 aliphatic heterocycles. The summed E-state index contributed by atoms with van der Waals surface area (Å²) in [5, 5.41) is 0. The quantitative estimate of drug-likeness (QED) is 0.711. The number of hydrogen-bond donors (Lipinski definition) is 0. The van der Waals surface area contributed by atoms with Crippen LogP contribution in [0.1, 0.15) is 28.8 Å². The van der Waals surface area contributed by atoms with Crippen molar-refractivity contribution in [3.05, 3.63) is 65.5 Å². The minimum Gasteiger partial charge on any atom is -0.341 e. The van der Waals surface area contributed by atoms with Crippen molar-refractivity contribution in [3.63, 3.8) is 0 Å². The second kappa shape index (κ2) is 9.24. The number of rotatable bonds is 5. The van der Waals surface area contributed by atoms with E-state index in [4.69, 9.17) is 0 Å². The first kappa shape index (κ1) is 20.4. The van der Waals surface area contributed by atoms with Crippen molar-refractivity contribution in [1.82, 2.24) is 9.80 Å². The van der Waals surface area contributed by atoms with E-state index in [0.29, 0.717) is 25.2 Å². The van der Waals surface area contributed by atoms with Gasteiger partial charge in [-0.05, 0) is 61.1 Å². The molecule has 1 saturated heterocycles. The predicted molar refractivity (Wildman–Crippen MR) is 110 cm³/mol. The third-order valence-electron chi connectivity index (χ3n) is 5.10. The Morgan fingerprint density at radius 3 is 2.46 bits per heavy atom. The summed E-state index contributed by atoms with van der Waals surface area (Å²) < 4.78 is 13.1. The van der Waals surface area contributed by atoms with Gasteiger partial charge in [-0.15, -0.1) is 11.8 Å². The van der Waals surface area contributed by atoms with Crippen LogP contribution in [0.4, 0.5) is 4.39 Å². The second-order valence-corrected chi connectivity index (χ2v) is 8.02. The summed E-state index contributed by atoms with van der Waals surface area (Å²) in [6.07, 6.45) is 3.61. The van der Waals surface area contributed by atoms with E-state index >= 15 is 0 Å². The Morgan fingerprint density at radius 1 is 1.14 bits per heavy atom. The Hall–Kier alpha value is -2.34. The maximum Gasteiger partial charge on any atom is 0.253 e. The van der Waals surface area contributed by atoms with Crippen LogP contribution in [-0.4, -0.2) is 48.0 Å². The lowest BCUT2D eigenvalue weighted by Crippen LogP contribution is -2.45. The Labute approximate surface area is 169 Å². The van der Waals surface area contributed by atoms with Gasteiger partial charge in [0.15, 0.2) is 0 Å². The highest BCUT2D eigenvalue weighted by atomic mass is 32.2. The molecular weight excluding hydrogens is 375 g/mol. The van der Waals surface area contributed by atoms with Crippen LogP contribution < -0.4 is 0 Å². The van der Waals surface area contributed by atoms with E-state index in [-0.39, 0.29) is 23.5 Å². The van der Waals surface area contributed by atoms with Gasteiger partial charge in [0, 0.05) is 37.1 Å². The van der Waals surface area contributed by atoms with Gasteiger partial charge >= 0.3 is 0 Å². The van der Waals surface area contributed by atoms with Crippen LogP contribution in [0.25, 0.3) is 0 Å². The molecule has 1 unspecified atom stereocenters. The van der Waals surface area contributed by atoms with Crippen LogP contribution >= 0.6 is 11.8 Å². The minimum absolute atomic E-state index is 0.0607. The van der Waals surface area contributed by atoms with E-state index < -0.39 is 0 Å². The summed E-state index contributed by atoms with van der Waals surface area (Å²) in [5.41, 5.74) is 1.54. The number of carbonyl (C=O) groups is 2. The number of amides is 2. The summed E-state index contributed by atoms with van der Waals surface area (Å²) in [6.45, 7) is 1.58. The molecule has 1 fully saturated rings. The first-order valence-corrected chi connectivity index (χ1v) is 10.6. The third-order valence-corrected chi connectivity index (χ3v) is 5.85. The van der Waals surface area contributed by atoms with Crippen molar-refractivity contribution in [1.29, 1.82) is 0 Å². The second-order valence-electron chi connectivity index (χ2n) is 7.14. The van der Waals surface area contributed by atoms with E-state index in [0.717, 1.165) is 18.4 Å². The number of hydrogen-bond acceptors (Lipinski definition) is 3. The van der Waals surface area contributed by atoms with Crippen molar-refractivity contribution in [2.45, 2.75) is 24.3 Å². The van der Waals surface area contributed by atoms with Crippen molar-refractivity contribution < 1.29 is 14.0 Å². The summed E-state index contributed by atoms with van der Waals surface area (Å²) >= 11 is 1.69. The van der Waals surface area contributed by atoms with Crippen molar-refractivity contribution in [2.24, 2.45) is 5.92 Å². The minimum atomic E-state index is -0.365. The molecule has 2 aromatic carbocycles. The molecule has 0 bridgehead atoms. The van der Waals surface area contributed by atoms with Crippen molar-refractivity contribution >= 4 is 23.6 Å². The van der Waals surface area contributed by atoms with Crippen LogP contribution in [0.5, 0.6) is 0 Å². The van der Waals surface area contributed by atoms with Gasteiger partial charge in [0.2, 0.25) is 5.91 Å². The largest absolute Gasteiger partial charge is 0.341 e. The molecule has 3 rings (SSSR count). The lowest BCUT2D eigenvalue weighted by Gasteiger charge is -2.34. The molecule has 2 aromatic rings. The van der Waals surface area contributed by atoms with E-state index in [1.807, 2.05) is 25.4 Å². The number of likely N-dealkylation sites (tertiary alicyclic amines) is 1. The number of piperidine rings is 1. The fraction of sp³-hybridized carbons (Fsp3) is 0.364. The summed E-state index contributed by atoms with van der Waals surface area (Å²) in [5.74, 6) is -0.651. The van der Waals surface area contributed by atoms with Gasteiger partial charge in [0.05, 0.1) is 5.92 Å². The number of carbonyl (C=O) groups excluding carboxylic acids is 2. The Kier molecular flexibility index (Phi) is 6.73. The molecule has 1 heterocycles. The molecule has 1 atom stereocenters. The number of thioether (sulfide) groups is 1. The average Bonchev–Trinajstić information content (AvgIpc) is 2.74. The SMILES string of the molecule is CSc1ccc(CN(C)C(=O)C2CCCN(C(=O)c3ccc(F)cc3)C2)cc1. The van der Waals surface area contributed by atoms with Crippen molar-refractivity contribution in [3.8, 4) is 0 Å². The van der Waals surface area contributed by atoms with Gasteiger partial charge in [0.1, 0.15) is 5.82 Å². The van der Waals surface area contributed by atoms with Gasteiger partial charge < -0.3 is 9.80 Å². The number of nitrogens with zero attached hydrogens (tertiary/aromatic N) is 2. The van der Waals surface area contributed by atoms with Crippen LogP contribution in [0.3, 0.4) is 0 Å². The van der Waals surface area contributed by atoms with Gasteiger partial charge in [-0.25, -0.2) is 4.39 Å². The zero-order chi connectivity index (χ0) is 20.1. The zero-order valence-corrected chi connectivity index (χ0v) is 17.0. The molecule has 0 aromatic heterocycles. The maximum atomic E-state index is 13.1. The topological polar surface area (TPSA) is 40.6 Å². The normalized spacial score (nSPS) is 16.7. The van der Waals surface area contributed by atoms with Gasteiger partial charge in [-0.3, -0.25) is 9.59 Å². The molecule has 0 N–H and O–H groups in total. The van der Waals surface area contributed by atoms with E-state index in [1.165, 1.54) is 29.2 Å². The highest BCUT2D eigenvalue weighted by molar-refractivity contribution is 7.98. The molecule has 1 aliphatic rings. The summed E-state index contributed by atoms with van der Waals surface area (Å²) in [4.78, 5) is 30.2. The number of halogens is 1. The molecule has 0 saturated carbocycles. The zero-order valence-electron chi connectivity index (χ0n) is 16.2. The Morgan fingerprint density at radius 2 is 1.82 bits per heavy atom. The first-order chi connectivity index (χ1) is 13.5. The highest BCUT2D eigenvalue weighted by Gasteiger charge is 2.30. The first-order valence-electron chi connectivity index (χ1n) is 9.40. The smallest absolute Gasteiger partial charge is 0.253 e. The predicted octanol–water partition coefficient (Wildman–Crippen LogP) is 4.06. The van der Waals surface area contributed by atoms with E-state index in [1.54, 1.807) is 21.6 Å². The molecular formula is C22H25FN2O2S. The average molecular weight is 401 g/mol. The van der Waals surface area contributed by atoms with Crippen LogP contribution in [0.15, 0.2) is 53.4 Å². The van der Waals surface area contributed by atoms with Crippen LogP contribution in [-0.2, 0) is 11.3 Å². The lowest BCUT2D eigenvalue weighted by atomic mass is 9.95. The monoisotopic (exact) mass is 400 g/mol. The molecule has 0 spiro atoms. The highest BCUT2D eigenvalue weighted by Crippen LogP contribution is 2.22. The molecule has 4 nitrogen and oxygen atoms in total. The third kappa shape index (κ3) is 4.93. The maximum absolute atomic E-state index is 13.1. The van der Waals surface area contributed by atoms with Crippen molar-refractivity contribution in [2.75, 3.05) is 26.4 Å². The van der Waals surface area contributed by atoms with Gasteiger partial charge in [0.25, 0.3) is 5.91 Å². The fourth-order valence-electron chi connectivity index (χ4n) is 3.53. The fourth-order valence-corrected chi connectivity index (χ4v) is 3.94. The molecule has 28 heavy (non-hydrogen) atoms. The standard InChI is InChI=1S/C22H25FN2O2S/c1-24(14-16-5-11-20(28-2)12-6-16)21(26)18-4-3-13-25(15-18)22(27)17-7-9-19(23)10-8-17/h5-12,18H,3-4,13-15H2,1-2H3. The van der Waals surface area contributed by atoms with E-state index in [9.17, 15) is 14.0 Å². The van der Waals surface area contributed by atoms with Crippen LogP contribution in [0.2, 0.25) is 0 Å². The van der Waals surface area contributed by atoms with Crippen LogP contribution in [0, 0.1) is 11.7 Å². The van der Waals surface area contributed by atoms with Gasteiger partial charge in [-0.1, -0.05) is 12.1 Å². The number of benzene rings is 2. The molecule has 0 aliphatic carbocycles. The summed E-state index contributed by atoms with van der Waals surface area (Å²) in [7, 11) is 1.81. The Bertz CT molecular complexity index is 823. The molecule has 0 radical (unpaired) electrons.